The van der Waals surface area contributed by atoms with Gasteiger partial charge in [0.1, 0.15) is 0 Å². The number of hydrogen-bond donors (Lipinski definition) is 2. The summed E-state index contributed by atoms with van der Waals surface area (Å²) in [7, 11) is 0. The molecule has 2 aromatic rings. The lowest BCUT2D eigenvalue weighted by molar-refractivity contribution is -0.0503. The van der Waals surface area contributed by atoms with Crippen LogP contribution in [0.15, 0.2) is 36.7 Å². The first-order chi connectivity index (χ1) is 14.4. The molecule has 0 radical (unpaired) electrons. The zero-order chi connectivity index (χ0) is 20.9. The van der Waals surface area contributed by atoms with Gasteiger partial charge in [0.15, 0.2) is 0 Å². The van der Waals surface area contributed by atoms with E-state index in [-0.39, 0.29) is 16.9 Å². The number of halogens is 1. The maximum Gasteiger partial charge on any atom is 0.336 e. The van der Waals surface area contributed by atoms with Crippen LogP contribution >= 0.6 is 11.6 Å². The third-order valence-electron chi connectivity index (χ3n) is 7.36. The number of carbonyl (C=O) groups is 2. The molecule has 4 fully saturated rings. The van der Waals surface area contributed by atoms with Gasteiger partial charge in [-0.1, -0.05) is 17.7 Å². The average molecular weight is 425 g/mol. The molecule has 0 unspecified atom stereocenters. The zero-order valence-electron chi connectivity index (χ0n) is 16.7. The molecule has 0 spiro atoms. The molecule has 30 heavy (non-hydrogen) atoms. The summed E-state index contributed by atoms with van der Waals surface area (Å²) < 4.78 is 0. The topological polar surface area (TPSA) is 79.3 Å². The number of benzene rings is 1. The number of carboxylic acids is 1. The van der Waals surface area contributed by atoms with Crippen LogP contribution in [0.3, 0.4) is 0 Å². The Morgan fingerprint density at radius 3 is 2.37 bits per heavy atom. The zero-order valence-corrected chi connectivity index (χ0v) is 17.5. The Labute approximate surface area is 180 Å². The minimum absolute atomic E-state index is 0.146. The lowest BCUT2D eigenvalue weighted by Crippen LogP contribution is -2.51. The van der Waals surface area contributed by atoms with Crippen LogP contribution in [0.4, 0.5) is 0 Å². The minimum atomic E-state index is -1.03. The van der Waals surface area contributed by atoms with Crippen molar-refractivity contribution < 1.29 is 14.7 Å². The molecule has 6 rings (SSSR count). The molecule has 1 aromatic heterocycles. The number of pyridine rings is 1. The number of carbonyl (C=O) groups excluding carboxylic acids is 1. The normalized spacial score (nSPS) is 29.0. The van der Waals surface area contributed by atoms with Crippen LogP contribution in [0, 0.1) is 23.2 Å². The fourth-order valence-electron chi connectivity index (χ4n) is 6.55. The van der Waals surface area contributed by atoms with Gasteiger partial charge in [-0.2, -0.15) is 0 Å². The van der Waals surface area contributed by atoms with Crippen LogP contribution in [-0.2, 0) is 0 Å². The van der Waals surface area contributed by atoms with Crippen LogP contribution in [-0.4, -0.2) is 28.5 Å². The van der Waals surface area contributed by atoms with Gasteiger partial charge in [-0.3, -0.25) is 9.78 Å². The fraction of sp³-hybridized carbons (Fsp3) is 0.458. The predicted octanol–water partition coefficient (Wildman–Crippen LogP) is 5.05. The van der Waals surface area contributed by atoms with Crippen LogP contribution in [0.1, 0.15) is 59.2 Å². The predicted molar refractivity (Wildman–Crippen MR) is 115 cm³/mol. The Hall–Kier alpha value is -2.40. The van der Waals surface area contributed by atoms with Crippen LogP contribution < -0.4 is 5.32 Å². The number of nitrogens with one attached hydrogen (secondary N) is 1. The number of rotatable bonds is 5. The number of amides is 1. The van der Waals surface area contributed by atoms with E-state index in [0.717, 1.165) is 17.8 Å². The highest BCUT2D eigenvalue weighted by atomic mass is 35.5. The molecule has 1 aromatic carbocycles. The van der Waals surface area contributed by atoms with Crippen molar-refractivity contribution >= 4 is 23.5 Å². The van der Waals surface area contributed by atoms with Gasteiger partial charge >= 0.3 is 5.97 Å². The Bertz CT molecular complexity index is 984. The molecule has 0 saturated heterocycles. The van der Waals surface area contributed by atoms with Gasteiger partial charge in [0, 0.05) is 24.5 Å². The largest absolute Gasteiger partial charge is 0.478 e. The number of carboxylic acid groups (broad SMARTS) is 1. The van der Waals surface area contributed by atoms with Gasteiger partial charge < -0.3 is 10.4 Å². The van der Waals surface area contributed by atoms with Crippen LogP contribution in [0.25, 0.3) is 11.1 Å². The molecule has 4 aliphatic rings. The number of hydrogen-bond acceptors (Lipinski definition) is 3. The minimum Gasteiger partial charge on any atom is -0.478 e. The molecule has 2 N–H and O–H groups in total. The second-order valence-corrected chi connectivity index (χ2v) is 9.93. The molecule has 156 valence electrons. The first-order valence-electron chi connectivity index (χ1n) is 10.7. The first kappa shape index (κ1) is 19.6. The van der Waals surface area contributed by atoms with E-state index >= 15 is 0 Å². The Morgan fingerprint density at radius 2 is 1.73 bits per heavy atom. The maximum absolute atomic E-state index is 13.0. The van der Waals surface area contributed by atoms with Gasteiger partial charge in [-0.25, -0.2) is 4.79 Å². The van der Waals surface area contributed by atoms with Crippen LogP contribution in [0.2, 0.25) is 5.02 Å². The molecule has 1 amide bonds. The summed E-state index contributed by atoms with van der Waals surface area (Å²) in [5.41, 5.74) is 1.85. The highest BCUT2D eigenvalue weighted by molar-refractivity contribution is 6.34. The number of aromatic carboxylic acids is 1. The highest BCUT2D eigenvalue weighted by Crippen LogP contribution is 2.59. The summed E-state index contributed by atoms with van der Waals surface area (Å²) in [4.78, 5) is 28.6. The van der Waals surface area contributed by atoms with Gasteiger partial charge in [0.2, 0.25) is 0 Å². The second kappa shape index (κ2) is 7.38. The van der Waals surface area contributed by atoms with E-state index in [1.54, 1.807) is 18.2 Å². The molecule has 4 saturated carbocycles. The molecule has 6 heteroatoms. The smallest absolute Gasteiger partial charge is 0.336 e. The molecule has 4 bridgehead atoms. The summed E-state index contributed by atoms with van der Waals surface area (Å²) in [6.45, 7) is 0.698. The maximum atomic E-state index is 13.0. The summed E-state index contributed by atoms with van der Waals surface area (Å²) in [5.74, 6) is 1.27. The third-order valence-corrected chi connectivity index (χ3v) is 7.69. The highest BCUT2D eigenvalue weighted by Gasteiger charge is 2.50. The lowest BCUT2D eigenvalue weighted by Gasteiger charge is -2.56. The molecular weight excluding hydrogens is 400 g/mol. The monoisotopic (exact) mass is 424 g/mol. The van der Waals surface area contributed by atoms with Crippen molar-refractivity contribution in [2.45, 2.75) is 38.5 Å². The van der Waals surface area contributed by atoms with Gasteiger partial charge in [-0.15, -0.1) is 0 Å². The van der Waals surface area contributed by atoms with E-state index in [2.05, 4.69) is 10.3 Å². The van der Waals surface area contributed by atoms with E-state index < -0.39 is 5.97 Å². The van der Waals surface area contributed by atoms with Crippen molar-refractivity contribution in [3.63, 3.8) is 0 Å². The third kappa shape index (κ3) is 3.49. The van der Waals surface area contributed by atoms with Crippen molar-refractivity contribution in [2.24, 2.45) is 23.2 Å². The molecule has 5 nitrogen and oxygen atoms in total. The summed E-state index contributed by atoms with van der Waals surface area (Å²) in [6.07, 6.45) is 10.8. The SMILES string of the molecule is O=C(NCC12CC3CC(CC(C3)C1)C2)c1cc(-c2cnccc2C(=O)O)ccc1Cl. The number of nitrogens with zero attached hydrogens (tertiary/aromatic N) is 1. The molecule has 0 aliphatic heterocycles. The lowest BCUT2D eigenvalue weighted by atomic mass is 9.49. The quantitative estimate of drug-likeness (QED) is 0.704. The van der Waals surface area contributed by atoms with Crippen molar-refractivity contribution in [3.05, 3.63) is 52.8 Å². The molecule has 0 atom stereocenters. The second-order valence-electron chi connectivity index (χ2n) is 9.52. The molecule has 4 aliphatic carbocycles. The van der Waals surface area contributed by atoms with Crippen molar-refractivity contribution in [3.8, 4) is 11.1 Å². The van der Waals surface area contributed by atoms with E-state index in [1.807, 2.05) is 0 Å². The fourth-order valence-corrected chi connectivity index (χ4v) is 6.75. The summed E-state index contributed by atoms with van der Waals surface area (Å²) >= 11 is 6.34. The van der Waals surface area contributed by atoms with Crippen LogP contribution in [0.5, 0.6) is 0 Å². The van der Waals surface area contributed by atoms with E-state index in [4.69, 9.17) is 11.6 Å². The van der Waals surface area contributed by atoms with E-state index in [1.165, 1.54) is 57.0 Å². The Balaban J connectivity index is 1.37. The Morgan fingerprint density at radius 1 is 1.07 bits per heavy atom. The van der Waals surface area contributed by atoms with Gasteiger partial charge in [0.05, 0.1) is 16.1 Å². The summed E-state index contributed by atoms with van der Waals surface area (Å²) in [6, 6.07) is 6.50. The van der Waals surface area contributed by atoms with E-state index in [9.17, 15) is 14.7 Å². The standard InChI is InChI=1S/C24H25ClN2O3/c25-21-2-1-17(20-12-26-4-3-18(20)23(29)30)8-19(21)22(28)27-13-24-9-14-5-15(10-24)7-16(6-14)11-24/h1-4,8,12,14-16H,5-7,9-11,13H2,(H,27,28)(H,29,30). The summed E-state index contributed by atoms with van der Waals surface area (Å²) in [5, 5.41) is 13.0. The molecule has 1 heterocycles. The van der Waals surface area contributed by atoms with Crippen molar-refractivity contribution in [1.82, 2.24) is 10.3 Å². The Kier molecular flexibility index (Phi) is 4.81. The average Bonchev–Trinajstić information content (AvgIpc) is 2.71. The number of aromatic nitrogens is 1. The first-order valence-corrected chi connectivity index (χ1v) is 11.1. The van der Waals surface area contributed by atoms with Crippen molar-refractivity contribution in [1.29, 1.82) is 0 Å². The van der Waals surface area contributed by atoms with Crippen molar-refractivity contribution in [2.75, 3.05) is 6.54 Å². The van der Waals surface area contributed by atoms with Gasteiger partial charge in [0.25, 0.3) is 5.91 Å². The van der Waals surface area contributed by atoms with Gasteiger partial charge in [-0.05, 0) is 85.5 Å². The molecular formula is C24H25ClN2O3. The van der Waals surface area contributed by atoms with E-state index in [0.29, 0.717) is 28.3 Å².